The Balaban J connectivity index is 1.55. The molecule has 0 heterocycles. The number of hydrogen-bond donors (Lipinski definition) is 3. The monoisotopic (exact) mass is 268 g/mol. The minimum Gasteiger partial charge on any atom is -0.481 e. The fraction of sp³-hybridized carbons (Fsp3) is 0.857. The van der Waals surface area contributed by atoms with Crippen molar-refractivity contribution in [3.63, 3.8) is 0 Å². The van der Waals surface area contributed by atoms with Crippen molar-refractivity contribution in [2.75, 3.05) is 6.54 Å². The molecule has 0 saturated heterocycles. The number of hydrogen-bond acceptors (Lipinski definition) is 2. The zero-order valence-corrected chi connectivity index (χ0v) is 11.4. The van der Waals surface area contributed by atoms with Crippen LogP contribution in [0, 0.1) is 11.8 Å². The molecule has 0 aromatic carbocycles. The molecule has 2 amide bonds. The molecule has 0 spiro atoms. The van der Waals surface area contributed by atoms with Gasteiger partial charge >= 0.3 is 12.0 Å². The summed E-state index contributed by atoms with van der Waals surface area (Å²) in [5, 5.41) is 14.2. The second kappa shape index (κ2) is 6.78. The molecule has 5 heteroatoms. The van der Waals surface area contributed by atoms with Gasteiger partial charge in [-0.1, -0.05) is 32.1 Å². The van der Waals surface area contributed by atoms with Crippen molar-refractivity contribution >= 4 is 12.0 Å². The standard InChI is InChI=1S/C14H24N2O3/c17-13(18)7-4-8-15-14(19)16-12-9-11(12)10-5-2-1-3-6-10/h10-12H,1-9H2,(H,17,18)(H2,15,16,19). The maximum atomic E-state index is 11.6. The lowest BCUT2D eigenvalue weighted by Crippen LogP contribution is -2.38. The van der Waals surface area contributed by atoms with Crippen molar-refractivity contribution in [3.8, 4) is 0 Å². The number of rotatable bonds is 6. The van der Waals surface area contributed by atoms with E-state index >= 15 is 0 Å². The van der Waals surface area contributed by atoms with Crippen molar-refractivity contribution in [3.05, 3.63) is 0 Å². The summed E-state index contributed by atoms with van der Waals surface area (Å²) in [6.07, 6.45) is 8.41. The van der Waals surface area contributed by atoms with E-state index in [-0.39, 0.29) is 12.5 Å². The third-order valence-corrected chi connectivity index (χ3v) is 4.26. The summed E-state index contributed by atoms with van der Waals surface area (Å²) in [4.78, 5) is 21.9. The summed E-state index contributed by atoms with van der Waals surface area (Å²) in [7, 11) is 0. The molecule has 3 N–H and O–H groups in total. The summed E-state index contributed by atoms with van der Waals surface area (Å²) >= 11 is 0. The number of carbonyl (C=O) groups is 2. The predicted octanol–water partition coefficient (Wildman–Crippen LogP) is 2.12. The third kappa shape index (κ3) is 4.73. The average Bonchev–Trinajstić information content (AvgIpc) is 3.15. The number of carboxylic acid groups (broad SMARTS) is 1. The van der Waals surface area contributed by atoms with Crippen molar-refractivity contribution in [2.45, 2.75) is 57.4 Å². The Morgan fingerprint density at radius 2 is 1.89 bits per heavy atom. The van der Waals surface area contributed by atoms with E-state index in [1.54, 1.807) is 0 Å². The maximum Gasteiger partial charge on any atom is 0.315 e. The average molecular weight is 268 g/mol. The van der Waals surface area contributed by atoms with Crippen LogP contribution in [0.25, 0.3) is 0 Å². The van der Waals surface area contributed by atoms with E-state index in [0.717, 1.165) is 12.3 Å². The van der Waals surface area contributed by atoms with Crippen LogP contribution in [-0.4, -0.2) is 29.7 Å². The van der Waals surface area contributed by atoms with Crippen LogP contribution in [0.5, 0.6) is 0 Å². The largest absolute Gasteiger partial charge is 0.481 e. The molecule has 0 aliphatic heterocycles. The van der Waals surface area contributed by atoms with Gasteiger partial charge in [-0.25, -0.2) is 4.79 Å². The normalized spacial score (nSPS) is 26.7. The van der Waals surface area contributed by atoms with E-state index < -0.39 is 5.97 Å². The summed E-state index contributed by atoms with van der Waals surface area (Å²) in [5.74, 6) is 0.679. The Morgan fingerprint density at radius 1 is 1.16 bits per heavy atom. The highest BCUT2D eigenvalue weighted by atomic mass is 16.4. The SMILES string of the molecule is O=C(O)CCCNC(=O)NC1CC1C1CCCCC1. The highest BCUT2D eigenvalue weighted by Gasteiger charge is 2.43. The molecule has 2 aliphatic carbocycles. The van der Waals surface area contributed by atoms with Crippen LogP contribution in [0.1, 0.15) is 51.4 Å². The molecule has 108 valence electrons. The minimum atomic E-state index is -0.818. The summed E-state index contributed by atoms with van der Waals surface area (Å²) in [5.41, 5.74) is 0. The molecular formula is C14H24N2O3. The van der Waals surface area contributed by atoms with Gasteiger partial charge in [0.1, 0.15) is 0 Å². The second-order valence-corrected chi connectivity index (χ2v) is 5.80. The van der Waals surface area contributed by atoms with Crippen molar-refractivity contribution in [2.24, 2.45) is 11.8 Å². The van der Waals surface area contributed by atoms with E-state index in [1.807, 2.05) is 0 Å². The Kier molecular flexibility index (Phi) is 5.05. The van der Waals surface area contributed by atoms with E-state index in [4.69, 9.17) is 5.11 Å². The molecule has 2 saturated carbocycles. The number of nitrogens with one attached hydrogen (secondary N) is 2. The molecule has 0 radical (unpaired) electrons. The lowest BCUT2D eigenvalue weighted by atomic mass is 9.85. The van der Waals surface area contributed by atoms with E-state index in [1.165, 1.54) is 32.1 Å². The van der Waals surface area contributed by atoms with Gasteiger partial charge < -0.3 is 15.7 Å². The lowest BCUT2D eigenvalue weighted by molar-refractivity contribution is -0.137. The highest BCUT2D eigenvalue weighted by Crippen LogP contribution is 2.44. The second-order valence-electron chi connectivity index (χ2n) is 5.80. The topological polar surface area (TPSA) is 78.4 Å². The number of urea groups is 1. The molecule has 5 nitrogen and oxygen atoms in total. The molecule has 2 unspecified atom stereocenters. The number of amides is 2. The maximum absolute atomic E-state index is 11.6. The Hall–Kier alpha value is -1.26. The van der Waals surface area contributed by atoms with Crippen molar-refractivity contribution in [1.82, 2.24) is 10.6 Å². The molecule has 0 aromatic heterocycles. The zero-order chi connectivity index (χ0) is 13.7. The Bertz CT molecular complexity index is 327. The van der Waals surface area contributed by atoms with Crippen LogP contribution in [0.2, 0.25) is 0 Å². The van der Waals surface area contributed by atoms with Crippen LogP contribution in [0.3, 0.4) is 0 Å². The zero-order valence-electron chi connectivity index (χ0n) is 11.4. The number of carbonyl (C=O) groups excluding carboxylic acids is 1. The quantitative estimate of drug-likeness (QED) is 0.646. The van der Waals surface area contributed by atoms with Crippen molar-refractivity contribution in [1.29, 1.82) is 0 Å². The third-order valence-electron chi connectivity index (χ3n) is 4.26. The van der Waals surface area contributed by atoms with Crippen LogP contribution >= 0.6 is 0 Å². The molecule has 2 atom stereocenters. The molecule has 0 aromatic rings. The van der Waals surface area contributed by atoms with Gasteiger partial charge in [0.2, 0.25) is 0 Å². The molecular weight excluding hydrogens is 244 g/mol. The lowest BCUT2D eigenvalue weighted by Gasteiger charge is -2.21. The van der Waals surface area contributed by atoms with Gasteiger partial charge in [0.25, 0.3) is 0 Å². The van der Waals surface area contributed by atoms with E-state index in [0.29, 0.717) is 24.9 Å². The van der Waals surface area contributed by atoms with Gasteiger partial charge in [0.15, 0.2) is 0 Å². The van der Waals surface area contributed by atoms with Gasteiger partial charge in [-0.05, 0) is 24.7 Å². The van der Waals surface area contributed by atoms with Crippen LogP contribution in [-0.2, 0) is 4.79 Å². The smallest absolute Gasteiger partial charge is 0.315 e. The van der Waals surface area contributed by atoms with Crippen molar-refractivity contribution < 1.29 is 14.7 Å². The van der Waals surface area contributed by atoms with Crippen LogP contribution in [0.4, 0.5) is 4.79 Å². The first-order chi connectivity index (χ1) is 9.16. The van der Waals surface area contributed by atoms with Gasteiger partial charge in [0.05, 0.1) is 0 Å². The first-order valence-electron chi connectivity index (χ1n) is 7.43. The van der Waals surface area contributed by atoms with E-state index in [9.17, 15) is 9.59 Å². The van der Waals surface area contributed by atoms with Gasteiger partial charge in [-0.3, -0.25) is 4.79 Å². The molecule has 0 bridgehead atoms. The van der Waals surface area contributed by atoms with Gasteiger partial charge in [-0.15, -0.1) is 0 Å². The minimum absolute atomic E-state index is 0.106. The first-order valence-corrected chi connectivity index (χ1v) is 7.43. The van der Waals surface area contributed by atoms with E-state index in [2.05, 4.69) is 10.6 Å². The van der Waals surface area contributed by atoms with Crippen LogP contribution < -0.4 is 10.6 Å². The molecule has 2 rings (SSSR count). The Morgan fingerprint density at radius 3 is 2.58 bits per heavy atom. The highest BCUT2D eigenvalue weighted by molar-refractivity contribution is 5.74. The first kappa shape index (κ1) is 14.2. The summed E-state index contributed by atoms with van der Waals surface area (Å²) in [6.45, 7) is 0.430. The number of aliphatic carboxylic acids is 1. The molecule has 2 fully saturated rings. The summed E-state index contributed by atoms with van der Waals surface area (Å²) in [6, 6.07) is 0.205. The fourth-order valence-corrected chi connectivity index (χ4v) is 3.12. The molecule has 2 aliphatic rings. The Labute approximate surface area is 114 Å². The van der Waals surface area contributed by atoms with Crippen LogP contribution in [0.15, 0.2) is 0 Å². The van der Waals surface area contributed by atoms with Gasteiger partial charge in [0, 0.05) is 19.0 Å². The fourth-order valence-electron chi connectivity index (χ4n) is 3.12. The molecule has 19 heavy (non-hydrogen) atoms. The number of carboxylic acids is 1. The predicted molar refractivity (Wildman–Crippen MR) is 71.9 cm³/mol. The summed E-state index contributed by atoms with van der Waals surface area (Å²) < 4.78 is 0. The van der Waals surface area contributed by atoms with Gasteiger partial charge in [-0.2, -0.15) is 0 Å².